The zero-order valence-corrected chi connectivity index (χ0v) is 7.53. The summed E-state index contributed by atoms with van der Waals surface area (Å²) < 4.78 is 1.73. The van der Waals surface area contributed by atoms with E-state index < -0.39 is 0 Å². The average Bonchev–Trinajstić information content (AvgIpc) is 1.90. The van der Waals surface area contributed by atoms with Gasteiger partial charge in [-0.25, -0.2) is 4.58 Å². The SMILES string of the molecule is CC[N+](=C=N)CCC(N)N.Cl. The minimum absolute atomic E-state index is 0. The van der Waals surface area contributed by atoms with E-state index in [0.29, 0.717) is 6.42 Å². The van der Waals surface area contributed by atoms with Gasteiger partial charge in [0.15, 0.2) is 0 Å². The summed E-state index contributed by atoms with van der Waals surface area (Å²) in [5.41, 5.74) is 10.6. The third kappa shape index (κ3) is 7.49. The first-order valence-electron chi connectivity index (χ1n) is 3.39. The van der Waals surface area contributed by atoms with Crippen LogP contribution in [0.1, 0.15) is 13.3 Å². The second kappa shape index (κ2) is 7.69. The van der Waals surface area contributed by atoms with E-state index in [4.69, 9.17) is 16.9 Å². The van der Waals surface area contributed by atoms with Gasteiger partial charge in [0, 0.05) is 6.42 Å². The van der Waals surface area contributed by atoms with Crippen LogP contribution in [0.25, 0.3) is 0 Å². The van der Waals surface area contributed by atoms with Crippen molar-refractivity contribution in [1.82, 2.24) is 0 Å². The maximum Gasteiger partial charge on any atom is 0.303 e. The van der Waals surface area contributed by atoms with Crippen molar-refractivity contribution in [1.29, 1.82) is 5.41 Å². The lowest BCUT2D eigenvalue weighted by molar-refractivity contribution is -0.519. The van der Waals surface area contributed by atoms with Crippen LogP contribution in [0.2, 0.25) is 0 Å². The van der Waals surface area contributed by atoms with Gasteiger partial charge in [0.05, 0.1) is 19.3 Å². The van der Waals surface area contributed by atoms with Crippen LogP contribution in [0, 0.1) is 5.41 Å². The molecule has 0 atom stereocenters. The molecule has 0 fully saturated rings. The summed E-state index contributed by atoms with van der Waals surface area (Å²) in [6.07, 6.45) is 0.432. The molecule has 5 heteroatoms. The molecule has 66 valence electrons. The van der Waals surface area contributed by atoms with Crippen molar-refractivity contribution in [2.75, 3.05) is 13.1 Å². The van der Waals surface area contributed by atoms with Crippen molar-refractivity contribution >= 4 is 18.4 Å². The third-order valence-electron chi connectivity index (χ3n) is 1.27. The lowest BCUT2D eigenvalue weighted by Gasteiger charge is -2.02. The molecule has 0 unspecified atom stereocenters. The Hall–Kier alpha value is -0.410. The van der Waals surface area contributed by atoms with Crippen LogP contribution in [-0.4, -0.2) is 29.8 Å². The molecular formula is C6H16ClN4+. The Morgan fingerprint density at radius 1 is 1.55 bits per heavy atom. The maximum absolute atomic E-state index is 6.80. The van der Waals surface area contributed by atoms with E-state index in [1.165, 1.54) is 0 Å². The van der Waals surface area contributed by atoms with Crippen molar-refractivity contribution in [3.63, 3.8) is 0 Å². The highest BCUT2D eigenvalue weighted by molar-refractivity contribution is 5.85. The Balaban J connectivity index is 0. The smallest absolute Gasteiger partial charge is 0.303 e. The molecule has 11 heavy (non-hydrogen) atoms. The second-order valence-corrected chi connectivity index (χ2v) is 2.14. The lowest BCUT2D eigenvalue weighted by Crippen LogP contribution is -2.33. The normalized spacial score (nSPS) is 8.73. The molecule has 0 aromatic rings. The second-order valence-electron chi connectivity index (χ2n) is 2.14. The van der Waals surface area contributed by atoms with Gasteiger partial charge in [0.1, 0.15) is 0 Å². The highest BCUT2D eigenvalue weighted by Crippen LogP contribution is 1.80. The Labute approximate surface area is 73.2 Å². The number of hydrogen-bond donors (Lipinski definition) is 3. The predicted octanol–water partition coefficient (Wildman–Crippen LogP) is -0.173. The average molecular weight is 180 g/mol. The first kappa shape index (κ1) is 13.2. The molecule has 0 bridgehead atoms. The minimum atomic E-state index is -0.276. The standard InChI is InChI=1S/C6H15N4.ClH/c1-2-10(5-7)4-3-6(8)9;/h6-7H,2-4,8-9H2,1H3;1H/q+1;. The van der Waals surface area contributed by atoms with Gasteiger partial charge in [-0.05, 0) is 6.92 Å². The quantitative estimate of drug-likeness (QED) is 0.318. The summed E-state index contributed by atoms with van der Waals surface area (Å²) in [4.78, 5) is 0. The molecule has 5 N–H and O–H groups in total. The lowest BCUT2D eigenvalue weighted by atomic mass is 10.3. The first-order chi connectivity index (χ1) is 4.70. The Bertz CT molecular complexity index is 140. The van der Waals surface area contributed by atoms with E-state index >= 15 is 0 Å². The van der Waals surface area contributed by atoms with Crippen molar-refractivity contribution in [3.8, 4) is 0 Å². The van der Waals surface area contributed by atoms with Crippen LogP contribution >= 0.6 is 12.4 Å². The van der Waals surface area contributed by atoms with Gasteiger partial charge >= 0.3 is 6.01 Å². The van der Waals surface area contributed by atoms with Gasteiger partial charge in [0.2, 0.25) is 0 Å². The summed E-state index contributed by atoms with van der Waals surface area (Å²) in [6, 6.07) is 2.28. The molecule has 0 saturated carbocycles. The molecule has 0 heterocycles. The van der Waals surface area contributed by atoms with E-state index in [-0.39, 0.29) is 18.6 Å². The van der Waals surface area contributed by atoms with Crippen molar-refractivity contribution in [2.24, 2.45) is 11.5 Å². The van der Waals surface area contributed by atoms with E-state index in [0.717, 1.165) is 13.1 Å². The van der Waals surface area contributed by atoms with Crippen LogP contribution in [0.15, 0.2) is 0 Å². The van der Waals surface area contributed by atoms with Gasteiger partial charge in [-0.2, -0.15) is 0 Å². The Morgan fingerprint density at radius 3 is 2.36 bits per heavy atom. The molecule has 0 radical (unpaired) electrons. The molecule has 0 saturated heterocycles. The summed E-state index contributed by atoms with van der Waals surface area (Å²) in [7, 11) is 0. The maximum atomic E-state index is 6.80. The van der Waals surface area contributed by atoms with Gasteiger partial charge in [-0.15, -0.1) is 12.4 Å². The largest absolute Gasteiger partial charge is 0.316 e. The monoisotopic (exact) mass is 179 g/mol. The number of nitrogens with zero attached hydrogens (tertiary/aromatic N) is 1. The zero-order valence-electron chi connectivity index (χ0n) is 6.71. The van der Waals surface area contributed by atoms with Gasteiger partial charge in [-0.1, -0.05) is 5.41 Å². The van der Waals surface area contributed by atoms with Crippen LogP contribution in [0.4, 0.5) is 0 Å². The van der Waals surface area contributed by atoms with Crippen LogP contribution < -0.4 is 11.5 Å². The molecule has 0 aromatic carbocycles. The molecule has 4 nitrogen and oxygen atoms in total. The van der Waals surface area contributed by atoms with Crippen molar-refractivity contribution < 1.29 is 4.58 Å². The summed E-state index contributed by atoms with van der Waals surface area (Å²) in [5.74, 6) is 0. The predicted molar refractivity (Wildman–Crippen MR) is 47.4 cm³/mol. The summed E-state index contributed by atoms with van der Waals surface area (Å²) in [6.45, 7) is 3.47. The number of nitrogens with one attached hydrogen (secondary N) is 1. The van der Waals surface area contributed by atoms with E-state index in [1.807, 2.05) is 6.92 Å². The topological polar surface area (TPSA) is 78.9 Å². The number of nitrogens with two attached hydrogens (primary N) is 2. The van der Waals surface area contributed by atoms with Gasteiger partial charge in [-0.3, -0.25) is 0 Å². The number of hydrogen-bond acceptors (Lipinski definition) is 3. The molecule has 0 rings (SSSR count). The number of halogens is 1. The molecule has 0 amide bonds. The van der Waals surface area contributed by atoms with Crippen molar-refractivity contribution in [2.45, 2.75) is 19.5 Å². The summed E-state index contributed by atoms with van der Waals surface area (Å²) >= 11 is 0. The highest BCUT2D eigenvalue weighted by atomic mass is 35.5. The fourth-order valence-corrected chi connectivity index (χ4v) is 0.598. The van der Waals surface area contributed by atoms with Gasteiger partial charge < -0.3 is 11.5 Å². The molecule has 0 aliphatic rings. The molecule has 0 aromatic heterocycles. The van der Waals surface area contributed by atoms with Gasteiger partial charge in [0.25, 0.3) is 0 Å². The number of rotatable bonds is 4. The Morgan fingerprint density at radius 2 is 2.09 bits per heavy atom. The van der Waals surface area contributed by atoms with Crippen LogP contribution in [0.3, 0.4) is 0 Å². The molecule has 0 spiro atoms. The third-order valence-corrected chi connectivity index (χ3v) is 1.27. The van der Waals surface area contributed by atoms with E-state index in [1.54, 1.807) is 4.58 Å². The Kier molecular flexibility index (Phi) is 9.23. The zero-order chi connectivity index (χ0) is 7.98. The first-order valence-corrected chi connectivity index (χ1v) is 3.39. The van der Waals surface area contributed by atoms with Crippen LogP contribution in [0.5, 0.6) is 0 Å². The van der Waals surface area contributed by atoms with Crippen LogP contribution in [-0.2, 0) is 0 Å². The fourth-order valence-electron chi connectivity index (χ4n) is 0.598. The fraction of sp³-hybridized carbons (Fsp3) is 0.833. The molecule has 0 aliphatic carbocycles. The molecular weight excluding hydrogens is 164 g/mol. The molecule has 0 aliphatic heterocycles. The van der Waals surface area contributed by atoms with E-state index in [9.17, 15) is 0 Å². The highest BCUT2D eigenvalue weighted by Gasteiger charge is 1.98. The van der Waals surface area contributed by atoms with Crippen molar-refractivity contribution in [3.05, 3.63) is 0 Å². The van der Waals surface area contributed by atoms with E-state index in [2.05, 4.69) is 6.01 Å². The minimum Gasteiger partial charge on any atom is -0.316 e. The summed E-state index contributed by atoms with van der Waals surface area (Å²) in [5, 5.41) is 6.80.